The maximum absolute atomic E-state index is 12.0. The zero-order valence-corrected chi connectivity index (χ0v) is 11.8. The van der Waals surface area contributed by atoms with Gasteiger partial charge in [-0.1, -0.05) is 0 Å². The minimum atomic E-state index is -3.48. The molecule has 0 atom stereocenters. The molecule has 0 aliphatic carbocycles. The highest BCUT2D eigenvalue weighted by Gasteiger charge is 2.38. The number of amides is 1. The number of sulfone groups is 1. The molecule has 1 rings (SSSR count). The van der Waals surface area contributed by atoms with Crippen molar-refractivity contribution in [2.24, 2.45) is 0 Å². The number of nitrogens with two attached hydrogens (primary N) is 1. The third kappa shape index (κ3) is 2.81. The van der Waals surface area contributed by atoms with E-state index in [4.69, 9.17) is 5.73 Å². The average Bonchev–Trinajstić information content (AvgIpc) is 2.20. The molecule has 3 N–H and O–H groups in total. The Kier molecular flexibility index (Phi) is 3.71. The second-order valence-electron chi connectivity index (χ2n) is 4.81. The summed E-state index contributed by atoms with van der Waals surface area (Å²) in [7, 11) is -3.48. The molecular weight excluding hydrogens is 252 g/mol. The number of nitrogens with one attached hydrogen (secondary N) is 1. The third-order valence-corrected chi connectivity index (χ3v) is 5.01. The Morgan fingerprint density at radius 1 is 1.33 bits per heavy atom. The lowest BCUT2D eigenvalue weighted by atomic mass is 10.1. The Bertz CT molecular complexity index is 577. The van der Waals surface area contributed by atoms with Gasteiger partial charge in [-0.2, -0.15) is 0 Å². The molecule has 0 saturated heterocycles. The molecule has 0 aliphatic rings. The number of aryl methyl sites for hydroxylation is 1. The summed E-state index contributed by atoms with van der Waals surface area (Å²) < 4.78 is 21.6. The van der Waals surface area contributed by atoms with Crippen molar-refractivity contribution in [3.8, 4) is 0 Å². The van der Waals surface area contributed by atoms with Crippen LogP contribution in [0.5, 0.6) is 0 Å². The summed E-state index contributed by atoms with van der Waals surface area (Å²) in [5, 5.41) is 2.61. The first-order valence-corrected chi connectivity index (χ1v) is 7.32. The lowest BCUT2D eigenvalue weighted by molar-refractivity contribution is -0.117. The Labute approximate surface area is 107 Å². The van der Waals surface area contributed by atoms with Gasteiger partial charge in [0.05, 0.1) is 0 Å². The lowest BCUT2D eigenvalue weighted by Crippen LogP contribution is -2.43. The second-order valence-corrected chi connectivity index (χ2v) is 7.38. The molecule has 0 saturated carbocycles. The van der Waals surface area contributed by atoms with Crippen LogP contribution in [-0.4, -0.2) is 25.3 Å². The highest BCUT2D eigenvalue weighted by atomic mass is 32.2. The number of nitrogen functional groups attached to an aromatic ring is 1. The Balaban J connectivity index is 3.02. The van der Waals surface area contributed by atoms with Crippen LogP contribution in [0.25, 0.3) is 0 Å². The number of hydrogen-bond acceptors (Lipinski definition) is 4. The van der Waals surface area contributed by atoms with Crippen molar-refractivity contribution < 1.29 is 13.2 Å². The molecule has 0 bridgehead atoms. The van der Waals surface area contributed by atoms with Crippen molar-refractivity contribution in [1.29, 1.82) is 0 Å². The number of benzene rings is 1. The van der Waals surface area contributed by atoms with Gasteiger partial charge in [0.1, 0.15) is 4.75 Å². The van der Waals surface area contributed by atoms with Crippen LogP contribution in [-0.2, 0) is 14.6 Å². The van der Waals surface area contributed by atoms with E-state index in [0.29, 0.717) is 11.4 Å². The van der Waals surface area contributed by atoms with E-state index in [0.717, 1.165) is 11.8 Å². The van der Waals surface area contributed by atoms with Crippen LogP contribution in [0.2, 0.25) is 0 Å². The molecule has 100 valence electrons. The number of carbonyl (C=O) groups excluding carboxylic acids is 1. The van der Waals surface area contributed by atoms with Crippen LogP contribution < -0.4 is 11.1 Å². The van der Waals surface area contributed by atoms with Crippen molar-refractivity contribution in [3.05, 3.63) is 23.8 Å². The van der Waals surface area contributed by atoms with E-state index in [1.165, 1.54) is 13.8 Å². The van der Waals surface area contributed by atoms with E-state index >= 15 is 0 Å². The largest absolute Gasteiger partial charge is 0.399 e. The Morgan fingerprint density at radius 2 is 1.89 bits per heavy atom. The van der Waals surface area contributed by atoms with E-state index in [1.54, 1.807) is 25.1 Å². The molecular formula is C12H18N2O3S. The summed E-state index contributed by atoms with van der Waals surface area (Å²) in [5.74, 6) is -0.558. The quantitative estimate of drug-likeness (QED) is 0.811. The van der Waals surface area contributed by atoms with Gasteiger partial charge in [-0.25, -0.2) is 8.42 Å². The van der Waals surface area contributed by atoms with Crippen molar-refractivity contribution in [2.45, 2.75) is 25.5 Å². The van der Waals surface area contributed by atoms with E-state index in [-0.39, 0.29) is 0 Å². The van der Waals surface area contributed by atoms with Crippen molar-refractivity contribution >= 4 is 27.1 Å². The zero-order valence-electron chi connectivity index (χ0n) is 10.9. The van der Waals surface area contributed by atoms with E-state index in [9.17, 15) is 13.2 Å². The minimum absolute atomic E-state index is 0.558. The number of carbonyl (C=O) groups is 1. The number of rotatable bonds is 3. The molecule has 18 heavy (non-hydrogen) atoms. The van der Waals surface area contributed by atoms with Gasteiger partial charge in [0.2, 0.25) is 5.91 Å². The van der Waals surface area contributed by atoms with Gasteiger partial charge < -0.3 is 11.1 Å². The topological polar surface area (TPSA) is 89.3 Å². The van der Waals surface area contributed by atoms with Gasteiger partial charge in [0.15, 0.2) is 9.84 Å². The first-order valence-electron chi connectivity index (χ1n) is 5.43. The van der Waals surface area contributed by atoms with E-state index in [1.807, 2.05) is 0 Å². The monoisotopic (exact) mass is 270 g/mol. The molecule has 0 fully saturated rings. The molecule has 1 aromatic rings. The molecule has 0 radical (unpaired) electrons. The van der Waals surface area contributed by atoms with Crippen LogP contribution in [0.15, 0.2) is 18.2 Å². The maximum atomic E-state index is 12.0. The fourth-order valence-electron chi connectivity index (χ4n) is 1.27. The van der Waals surface area contributed by atoms with Gasteiger partial charge in [-0.05, 0) is 44.5 Å². The molecule has 1 aromatic carbocycles. The summed E-state index contributed by atoms with van der Waals surface area (Å²) in [4.78, 5) is 12.0. The summed E-state index contributed by atoms with van der Waals surface area (Å²) in [5.41, 5.74) is 7.54. The summed E-state index contributed by atoms with van der Waals surface area (Å²) in [6.07, 6.45) is 1.04. The van der Waals surface area contributed by atoms with Gasteiger partial charge in [0.25, 0.3) is 0 Å². The fraction of sp³-hybridized carbons (Fsp3) is 0.417. The molecule has 1 amide bonds. The molecule has 5 nitrogen and oxygen atoms in total. The van der Waals surface area contributed by atoms with Crippen LogP contribution in [0.1, 0.15) is 19.4 Å². The molecule has 0 aliphatic heterocycles. The average molecular weight is 270 g/mol. The second kappa shape index (κ2) is 4.61. The molecule has 0 unspecified atom stereocenters. The smallest absolute Gasteiger partial charge is 0.245 e. The molecule has 6 heteroatoms. The van der Waals surface area contributed by atoms with Crippen LogP contribution in [0.4, 0.5) is 11.4 Å². The highest BCUT2D eigenvalue weighted by Crippen LogP contribution is 2.22. The summed E-state index contributed by atoms with van der Waals surface area (Å²) >= 11 is 0. The van der Waals surface area contributed by atoms with Crippen LogP contribution >= 0.6 is 0 Å². The Hall–Kier alpha value is -1.56. The van der Waals surface area contributed by atoms with Crippen molar-refractivity contribution in [1.82, 2.24) is 0 Å². The molecule has 0 aromatic heterocycles. The predicted octanol–water partition coefficient (Wildman–Crippen LogP) is 1.34. The summed E-state index contributed by atoms with van der Waals surface area (Å²) in [6.45, 7) is 4.55. The first kappa shape index (κ1) is 14.5. The van der Waals surface area contributed by atoms with E-state index in [2.05, 4.69) is 5.32 Å². The van der Waals surface area contributed by atoms with Crippen LogP contribution in [0.3, 0.4) is 0 Å². The van der Waals surface area contributed by atoms with E-state index < -0.39 is 20.5 Å². The normalized spacial score (nSPS) is 12.2. The zero-order chi connectivity index (χ0) is 14.1. The Morgan fingerprint density at radius 3 is 2.33 bits per heavy atom. The van der Waals surface area contributed by atoms with Gasteiger partial charge in [-0.3, -0.25) is 4.79 Å². The highest BCUT2D eigenvalue weighted by molar-refractivity contribution is 7.92. The molecule has 0 spiro atoms. The van der Waals surface area contributed by atoms with Gasteiger partial charge in [0, 0.05) is 17.6 Å². The predicted molar refractivity (Wildman–Crippen MR) is 73.1 cm³/mol. The number of hydrogen-bond donors (Lipinski definition) is 2. The SMILES string of the molecule is Cc1cc(N)ccc1NC(=O)C(C)(C)S(C)(=O)=O. The summed E-state index contributed by atoms with van der Waals surface area (Å²) in [6, 6.07) is 5.01. The fourth-order valence-corrected chi connectivity index (χ4v) is 1.66. The first-order chi connectivity index (χ1) is 8.05. The maximum Gasteiger partial charge on any atom is 0.245 e. The van der Waals surface area contributed by atoms with Crippen molar-refractivity contribution in [2.75, 3.05) is 17.3 Å². The molecule has 0 heterocycles. The van der Waals surface area contributed by atoms with Crippen molar-refractivity contribution in [3.63, 3.8) is 0 Å². The van der Waals surface area contributed by atoms with Crippen LogP contribution in [0, 0.1) is 6.92 Å². The number of anilines is 2. The van der Waals surface area contributed by atoms with Gasteiger partial charge in [-0.15, -0.1) is 0 Å². The lowest BCUT2D eigenvalue weighted by Gasteiger charge is -2.22. The van der Waals surface area contributed by atoms with Gasteiger partial charge >= 0.3 is 0 Å². The third-order valence-electron chi connectivity index (χ3n) is 2.97. The minimum Gasteiger partial charge on any atom is -0.399 e. The standard InChI is InChI=1S/C12H18N2O3S/c1-8-7-9(13)5-6-10(8)14-11(15)12(2,3)18(4,16)17/h5-7H,13H2,1-4H3,(H,14,15).